The number of amides is 1. The number of carboxylic acids is 1. The van der Waals surface area contributed by atoms with E-state index in [0.717, 1.165) is 6.42 Å². The van der Waals surface area contributed by atoms with Crippen LogP contribution in [0.1, 0.15) is 41.0 Å². The molecule has 0 heterocycles. The molecule has 1 amide bonds. The maximum atomic E-state index is 12.3. The molecule has 0 aromatic rings. The Kier molecular flexibility index (Phi) is 3.29. The molecule has 0 aromatic heterocycles. The molecular formula is C13H23NO3. The number of hydrogen-bond acceptors (Lipinski definition) is 2. The highest BCUT2D eigenvalue weighted by Gasteiger charge is 2.66. The molecule has 1 aliphatic rings. The average molecular weight is 241 g/mol. The van der Waals surface area contributed by atoms with E-state index in [9.17, 15) is 9.59 Å². The number of hydrogen-bond donors (Lipinski definition) is 1. The van der Waals surface area contributed by atoms with Crippen molar-refractivity contribution in [2.75, 3.05) is 7.05 Å². The first-order chi connectivity index (χ1) is 7.57. The van der Waals surface area contributed by atoms with Crippen LogP contribution in [0.5, 0.6) is 0 Å². The summed E-state index contributed by atoms with van der Waals surface area (Å²) in [4.78, 5) is 25.1. The van der Waals surface area contributed by atoms with Crippen LogP contribution in [0, 0.1) is 17.3 Å². The van der Waals surface area contributed by atoms with Gasteiger partial charge in [-0.2, -0.15) is 0 Å². The first kappa shape index (κ1) is 14.0. The Morgan fingerprint density at radius 1 is 1.29 bits per heavy atom. The lowest BCUT2D eigenvalue weighted by Gasteiger charge is -2.35. The first-order valence-electron chi connectivity index (χ1n) is 6.07. The van der Waals surface area contributed by atoms with Gasteiger partial charge in [-0.1, -0.05) is 20.8 Å². The van der Waals surface area contributed by atoms with Crippen molar-refractivity contribution in [2.45, 2.75) is 46.6 Å². The zero-order valence-corrected chi connectivity index (χ0v) is 11.6. The second-order valence-corrected chi connectivity index (χ2v) is 6.18. The van der Waals surface area contributed by atoms with Gasteiger partial charge in [0.25, 0.3) is 0 Å². The van der Waals surface area contributed by atoms with E-state index in [4.69, 9.17) is 5.11 Å². The van der Waals surface area contributed by atoms with Crippen LogP contribution in [0.2, 0.25) is 0 Å². The third kappa shape index (κ3) is 2.17. The molecule has 1 fully saturated rings. The van der Waals surface area contributed by atoms with E-state index in [0.29, 0.717) is 0 Å². The summed E-state index contributed by atoms with van der Waals surface area (Å²) in [6.45, 7) is 9.71. The number of carbonyl (C=O) groups is 2. The van der Waals surface area contributed by atoms with Crippen LogP contribution in [0.4, 0.5) is 0 Å². The zero-order valence-electron chi connectivity index (χ0n) is 11.6. The summed E-state index contributed by atoms with van der Waals surface area (Å²) in [5.74, 6) is -1.83. The van der Waals surface area contributed by atoms with Crippen LogP contribution in [-0.4, -0.2) is 34.5 Å². The van der Waals surface area contributed by atoms with Gasteiger partial charge in [-0.3, -0.25) is 9.59 Å². The van der Waals surface area contributed by atoms with Crippen LogP contribution in [0.15, 0.2) is 0 Å². The summed E-state index contributed by atoms with van der Waals surface area (Å²) < 4.78 is 0. The standard InChI is InChI=1S/C13H23NO3/c1-7-12(2,3)14(6)10(15)8-9(11(16)17)13(8,4)5/h8-9H,7H2,1-6H3,(H,16,17)/t8-,9+/m1/s1. The predicted molar refractivity (Wildman–Crippen MR) is 65.5 cm³/mol. The minimum Gasteiger partial charge on any atom is -0.481 e. The fraction of sp³-hybridized carbons (Fsp3) is 0.846. The third-order valence-corrected chi connectivity index (χ3v) is 4.46. The molecule has 1 saturated carbocycles. The Morgan fingerprint density at radius 2 is 1.76 bits per heavy atom. The van der Waals surface area contributed by atoms with Gasteiger partial charge in [-0.25, -0.2) is 0 Å². The van der Waals surface area contributed by atoms with Crippen molar-refractivity contribution in [1.82, 2.24) is 4.90 Å². The maximum absolute atomic E-state index is 12.3. The largest absolute Gasteiger partial charge is 0.481 e. The minimum absolute atomic E-state index is 0.0470. The van der Waals surface area contributed by atoms with E-state index in [1.807, 2.05) is 34.6 Å². The first-order valence-corrected chi connectivity index (χ1v) is 6.07. The third-order valence-electron chi connectivity index (χ3n) is 4.46. The van der Waals surface area contributed by atoms with Crippen molar-refractivity contribution in [2.24, 2.45) is 17.3 Å². The molecule has 98 valence electrons. The van der Waals surface area contributed by atoms with E-state index in [-0.39, 0.29) is 17.4 Å². The van der Waals surface area contributed by atoms with Gasteiger partial charge >= 0.3 is 5.97 Å². The smallest absolute Gasteiger partial charge is 0.307 e. The molecule has 4 heteroatoms. The molecule has 0 radical (unpaired) electrons. The normalized spacial score (nSPS) is 26.5. The van der Waals surface area contributed by atoms with Crippen molar-refractivity contribution in [3.8, 4) is 0 Å². The fourth-order valence-electron chi connectivity index (χ4n) is 2.30. The lowest BCUT2D eigenvalue weighted by molar-refractivity contribution is -0.143. The Labute approximate surface area is 103 Å². The van der Waals surface area contributed by atoms with Gasteiger partial charge in [0.1, 0.15) is 0 Å². The molecule has 0 spiro atoms. The molecule has 0 unspecified atom stereocenters. The second kappa shape index (κ2) is 4.00. The SMILES string of the molecule is CCC(C)(C)N(C)C(=O)[C@H]1[C@@H](C(=O)O)C1(C)C. The summed E-state index contributed by atoms with van der Waals surface area (Å²) in [6.07, 6.45) is 0.847. The molecule has 1 aliphatic carbocycles. The van der Waals surface area contributed by atoms with E-state index in [1.54, 1.807) is 11.9 Å². The Bertz CT molecular complexity index is 347. The second-order valence-electron chi connectivity index (χ2n) is 6.18. The molecule has 0 aromatic carbocycles. The minimum atomic E-state index is -0.865. The number of carbonyl (C=O) groups excluding carboxylic acids is 1. The van der Waals surface area contributed by atoms with Gasteiger partial charge in [0.05, 0.1) is 11.8 Å². The average Bonchev–Trinajstić information content (AvgIpc) is 2.79. The van der Waals surface area contributed by atoms with Crippen molar-refractivity contribution in [1.29, 1.82) is 0 Å². The monoisotopic (exact) mass is 241 g/mol. The van der Waals surface area contributed by atoms with Crippen LogP contribution in [0.3, 0.4) is 0 Å². The number of rotatable bonds is 4. The topological polar surface area (TPSA) is 57.6 Å². The van der Waals surface area contributed by atoms with Gasteiger partial charge < -0.3 is 10.0 Å². The fourth-order valence-corrected chi connectivity index (χ4v) is 2.30. The molecule has 1 rings (SSSR count). The summed E-state index contributed by atoms with van der Waals surface area (Å²) in [5, 5.41) is 9.08. The highest BCUT2D eigenvalue weighted by atomic mass is 16.4. The molecular weight excluding hydrogens is 218 g/mol. The highest BCUT2D eigenvalue weighted by molar-refractivity contribution is 5.91. The van der Waals surface area contributed by atoms with Crippen molar-refractivity contribution in [3.63, 3.8) is 0 Å². The van der Waals surface area contributed by atoms with Crippen LogP contribution < -0.4 is 0 Å². The van der Waals surface area contributed by atoms with Crippen LogP contribution in [0.25, 0.3) is 0 Å². The van der Waals surface area contributed by atoms with Gasteiger partial charge in [-0.05, 0) is 25.7 Å². The molecule has 0 aliphatic heterocycles. The lowest BCUT2D eigenvalue weighted by atomic mass is 9.98. The molecule has 4 nitrogen and oxygen atoms in total. The molecule has 17 heavy (non-hydrogen) atoms. The van der Waals surface area contributed by atoms with Crippen molar-refractivity contribution in [3.05, 3.63) is 0 Å². The van der Waals surface area contributed by atoms with Gasteiger partial charge in [0, 0.05) is 12.6 Å². The van der Waals surface area contributed by atoms with E-state index < -0.39 is 17.3 Å². The van der Waals surface area contributed by atoms with Crippen LogP contribution in [-0.2, 0) is 9.59 Å². The Balaban J connectivity index is 2.84. The quantitative estimate of drug-likeness (QED) is 0.819. The molecule has 0 bridgehead atoms. The summed E-state index contributed by atoms with van der Waals surface area (Å²) >= 11 is 0. The summed E-state index contributed by atoms with van der Waals surface area (Å²) in [7, 11) is 1.76. The number of carboxylic acid groups (broad SMARTS) is 1. The van der Waals surface area contributed by atoms with E-state index >= 15 is 0 Å². The lowest BCUT2D eigenvalue weighted by Crippen LogP contribution is -2.46. The van der Waals surface area contributed by atoms with Crippen molar-refractivity contribution >= 4 is 11.9 Å². The summed E-state index contributed by atoms with van der Waals surface area (Å²) in [6, 6.07) is 0. The van der Waals surface area contributed by atoms with Crippen molar-refractivity contribution < 1.29 is 14.7 Å². The summed E-state index contributed by atoms with van der Waals surface area (Å²) in [5.41, 5.74) is -0.639. The predicted octanol–water partition coefficient (Wildman–Crippen LogP) is 1.99. The number of aliphatic carboxylic acids is 1. The zero-order chi connectivity index (χ0) is 13.6. The van der Waals surface area contributed by atoms with Gasteiger partial charge in [0.15, 0.2) is 0 Å². The van der Waals surface area contributed by atoms with Crippen LogP contribution >= 0.6 is 0 Å². The van der Waals surface area contributed by atoms with E-state index in [1.165, 1.54) is 0 Å². The Morgan fingerprint density at radius 3 is 2.06 bits per heavy atom. The molecule has 1 N–H and O–H groups in total. The van der Waals surface area contributed by atoms with Gasteiger partial charge in [0.2, 0.25) is 5.91 Å². The number of nitrogens with zero attached hydrogens (tertiary/aromatic N) is 1. The molecule has 2 atom stereocenters. The maximum Gasteiger partial charge on any atom is 0.307 e. The van der Waals surface area contributed by atoms with E-state index in [2.05, 4.69) is 0 Å². The Hall–Kier alpha value is -1.06. The highest BCUT2D eigenvalue weighted by Crippen LogP contribution is 2.59. The van der Waals surface area contributed by atoms with Gasteiger partial charge in [-0.15, -0.1) is 0 Å². The molecule has 0 saturated heterocycles.